The number of carbonyl (C=O) groups excluding carboxylic acids is 1. The molecule has 1 aromatic carbocycles. The smallest absolute Gasteiger partial charge is 0.391 e. The van der Waals surface area contributed by atoms with Gasteiger partial charge in [-0.05, 0) is 74.9 Å². The molecule has 0 atom stereocenters. The van der Waals surface area contributed by atoms with Crippen molar-refractivity contribution in [3.63, 3.8) is 0 Å². The van der Waals surface area contributed by atoms with Gasteiger partial charge in [-0.3, -0.25) is 14.7 Å². The zero-order valence-corrected chi connectivity index (χ0v) is 22.6. The normalized spacial score (nSPS) is 20.1. The van der Waals surface area contributed by atoms with Crippen molar-refractivity contribution in [2.24, 2.45) is 11.8 Å². The highest BCUT2D eigenvalue weighted by Gasteiger charge is 2.44. The highest BCUT2D eigenvalue weighted by atomic mass is 19.4. The zero-order chi connectivity index (χ0) is 29.4. The number of furan rings is 1. The number of benzene rings is 1. The SMILES string of the molecule is O=C(O)c1cn(-c2ccc(-c3cc4ncccc4o3)cc2)nc1N(C(=O)C1CCC(C(F)(F)F)CC1)C1CCOCC1. The van der Waals surface area contributed by atoms with Gasteiger partial charge in [-0.2, -0.15) is 13.2 Å². The van der Waals surface area contributed by atoms with Gasteiger partial charge in [-0.25, -0.2) is 9.48 Å². The molecule has 1 aliphatic carbocycles. The van der Waals surface area contributed by atoms with Gasteiger partial charge in [0.1, 0.15) is 16.8 Å². The summed E-state index contributed by atoms with van der Waals surface area (Å²) in [6.45, 7) is 0.772. The molecule has 12 heteroatoms. The number of carboxylic acids is 1. The van der Waals surface area contributed by atoms with Gasteiger partial charge >= 0.3 is 12.1 Å². The number of halogens is 3. The number of ether oxygens (including phenoxy) is 1. The number of aromatic nitrogens is 3. The second-order valence-electron chi connectivity index (χ2n) is 10.8. The lowest BCUT2D eigenvalue weighted by atomic mass is 9.80. The molecule has 3 aromatic heterocycles. The Labute approximate surface area is 238 Å². The van der Waals surface area contributed by atoms with Crippen LogP contribution >= 0.6 is 0 Å². The summed E-state index contributed by atoms with van der Waals surface area (Å²) >= 11 is 0. The number of rotatable bonds is 6. The number of anilines is 1. The van der Waals surface area contributed by atoms with Crippen molar-refractivity contribution in [1.82, 2.24) is 14.8 Å². The van der Waals surface area contributed by atoms with E-state index in [1.54, 1.807) is 24.4 Å². The van der Waals surface area contributed by atoms with E-state index in [1.807, 2.05) is 24.3 Å². The van der Waals surface area contributed by atoms with Gasteiger partial charge in [0.25, 0.3) is 0 Å². The Hall–Kier alpha value is -4.19. The third-order valence-corrected chi connectivity index (χ3v) is 8.19. The maximum absolute atomic E-state index is 13.9. The number of fused-ring (bicyclic) bond motifs is 1. The van der Waals surface area contributed by atoms with Gasteiger partial charge in [0.15, 0.2) is 11.4 Å². The predicted octanol–water partition coefficient (Wildman–Crippen LogP) is 6.26. The van der Waals surface area contributed by atoms with E-state index in [0.717, 1.165) is 11.1 Å². The average Bonchev–Trinajstić information content (AvgIpc) is 3.63. The minimum absolute atomic E-state index is 0.00946. The molecule has 6 rings (SSSR count). The van der Waals surface area contributed by atoms with Crippen molar-refractivity contribution in [1.29, 1.82) is 0 Å². The molecular weight excluding hydrogens is 553 g/mol. The van der Waals surface area contributed by atoms with Crippen molar-refractivity contribution in [2.45, 2.75) is 50.7 Å². The average molecular weight is 583 g/mol. The molecule has 0 bridgehead atoms. The third kappa shape index (κ3) is 5.50. The lowest BCUT2D eigenvalue weighted by Crippen LogP contribution is -2.48. The molecule has 2 aliphatic rings. The minimum Gasteiger partial charge on any atom is -0.477 e. The molecule has 0 spiro atoms. The van der Waals surface area contributed by atoms with Crippen LogP contribution in [0.5, 0.6) is 0 Å². The van der Waals surface area contributed by atoms with Gasteiger partial charge in [0.05, 0.1) is 11.6 Å². The van der Waals surface area contributed by atoms with Crippen LogP contribution in [0.2, 0.25) is 0 Å². The van der Waals surface area contributed by atoms with Gasteiger partial charge in [-0.1, -0.05) is 0 Å². The van der Waals surface area contributed by atoms with Gasteiger partial charge < -0.3 is 14.3 Å². The molecule has 2 fully saturated rings. The minimum atomic E-state index is -4.29. The summed E-state index contributed by atoms with van der Waals surface area (Å²) in [6.07, 6.45) is -0.395. The van der Waals surface area contributed by atoms with Crippen LogP contribution in [0.3, 0.4) is 0 Å². The standard InChI is InChI=1S/C30H29F3N4O5/c31-30(32,33)20-7-3-19(4-8-20)28(38)37(22-11-14-41-15-12-22)27-23(29(39)40)17-36(35-27)21-9-5-18(6-10-21)26-16-24-25(42-26)2-1-13-34-24/h1-2,5-6,9-10,13,16-17,19-20,22H,3-4,7-8,11-12,14-15H2,(H,39,40). The summed E-state index contributed by atoms with van der Waals surface area (Å²) in [6, 6.07) is 12.2. The second-order valence-corrected chi connectivity index (χ2v) is 10.8. The molecular formula is C30H29F3N4O5. The molecule has 1 saturated heterocycles. The summed E-state index contributed by atoms with van der Waals surface area (Å²) in [7, 11) is 0. The summed E-state index contributed by atoms with van der Waals surface area (Å²) in [5, 5.41) is 14.7. The second kappa shape index (κ2) is 11.2. The molecule has 0 unspecified atom stereocenters. The summed E-state index contributed by atoms with van der Waals surface area (Å²) < 4.78 is 52.5. The Kier molecular flexibility index (Phi) is 7.48. The predicted molar refractivity (Wildman–Crippen MR) is 146 cm³/mol. The maximum atomic E-state index is 13.9. The van der Waals surface area contributed by atoms with Crippen LogP contribution in [0.15, 0.2) is 59.3 Å². The Balaban J connectivity index is 1.31. The topological polar surface area (TPSA) is 111 Å². The van der Waals surface area contributed by atoms with Crippen LogP contribution in [0.4, 0.5) is 19.0 Å². The summed E-state index contributed by atoms with van der Waals surface area (Å²) in [5.41, 5.74) is 2.57. The highest BCUT2D eigenvalue weighted by Crippen LogP contribution is 2.41. The highest BCUT2D eigenvalue weighted by molar-refractivity contribution is 6.02. The summed E-state index contributed by atoms with van der Waals surface area (Å²) in [5.74, 6) is -3.09. The number of hydrogen-bond acceptors (Lipinski definition) is 6. The molecule has 42 heavy (non-hydrogen) atoms. The molecule has 1 saturated carbocycles. The van der Waals surface area contributed by atoms with Crippen LogP contribution < -0.4 is 4.90 Å². The molecule has 220 valence electrons. The van der Waals surface area contributed by atoms with Crippen molar-refractivity contribution < 1.29 is 37.0 Å². The fourth-order valence-electron chi connectivity index (χ4n) is 5.88. The number of alkyl halides is 3. The zero-order valence-electron chi connectivity index (χ0n) is 22.6. The lowest BCUT2D eigenvalue weighted by molar-refractivity contribution is -0.184. The van der Waals surface area contributed by atoms with E-state index in [2.05, 4.69) is 10.1 Å². The summed E-state index contributed by atoms with van der Waals surface area (Å²) in [4.78, 5) is 32.0. The van der Waals surface area contributed by atoms with E-state index >= 15 is 0 Å². The van der Waals surface area contributed by atoms with E-state index in [-0.39, 0.29) is 49.0 Å². The fraction of sp³-hybridized carbons (Fsp3) is 0.400. The van der Waals surface area contributed by atoms with Crippen LogP contribution in [0.25, 0.3) is 28.1 Å². The first-order chi connectivity index (χ1) is 20.2. The van der Waals surface area contributed by atoms with Crippen LogP contribution in [-0.4, -0.2) is 57.2 Å². The third-order valence-electron chi connectivity index (χ3n) is 8.19. The molecule has 9 nitrogen and oxygen atoms in total. The quantitative estimate of drug-likeness (QED) is 0.286. The number of amides is 1. The van der Waals surface area contributed by atoms with E-state index in [4.69, 9.17) is 9.15 Å². The number of carbonyl (C=O) groups is 2. The number of nitrogens with zero attached hydrogens (tertiary/aromatic N) is 4. The Morgan fingerprint density at radius 2 is 1.71 bits per heavy atom. The monoisotopic (exact) mass is 582 g/mol. The van der Waals surface area contributed by atoms with E-state index in [9.17, 15) is 27.9 Å². The van der Waals surface area contributed by atoms with E-state index < -0.39 is 24.0 Å². The molecule has 4 heterocycles. The van der Waals surface area contributed by atoms with Gasteiger partial charge in [0.2, 0.25) is 5.91 Å². The molecule has 1 amide bonds. The first kappa shape index (κ1) is 28.0. The van der Waals surface area contributed by atoms with Crippen LogP contribution in [0, 0.1) is 11.8 Å². The first-order valence-electron chi connectivity index (χ1n) is 13.9. The Morgan fingerprint density at radius 1 is 1.00 bits per heavy atom. The van der Waals surface area contributed by atoms with E-state index in [0.29, 0.717) is 43.1 Å². The molecule has 0 radical (unpaired) electrons. The lowest BCUT2D eigenvalue weighted by Gasteiger charge is -2.37. The van der Waals surface area contributed by atoms with Crippen LogP contribution in [0.1, 0.15) is 48.9 Å². The van der Waals surface area contributed by atoms with Crippen molar-refractivity contribution >= 4 is 28.8 Å². The van der Waals surface area contributed by atoms with Gasteiger partial charge in [0, 0.05) is 49.2 Å². The van der Waals surface area contributed by atoms with E-state index in [1.165, 1.54) is 15.8 Å². The number of pyridine rings is 1. The molecule has 4 aromatic rings. The number of aromatic carboxylic acids is 1. The van der Waals surface area contributed by atoms with Crippen molar-refractivity contribution in [3.05, 3.63) is 60.4 Å². The van der Waals surface area contributed by atoms with Crippen LogP contribution in [-0.2, 0) is 9.53 Å². The largest absolute Gasteiger partial charge is 0.477 e. The number of hydrogen-bond donors (Lipinski definition) is 1. The van der Waals surface area contributed by atoms with Crippen molar-refractivity contribution in [3.8, 4) is 17.0 Å². The molecule has 1 N–H and O–H groups in total. The Bertz CT molecular complexity index is 1550. The number of carboxylic acid groups (broad SMARTS) is 1. The molecule has 1 aliphatic heterocycles. The van der Waals surface area contributed by atoms with Gasteiger partial charge in [-0.15, -0.1) is 5.10 Å². The first-order valence-corrected chi connectivity index (χ1v) is 13.9. The fourth-order valence-corrected chi connectivity index (χ4v) is 5.88. The maximum Gasteiger partial charge on any atom is 0.391 e. The van der Waals surface area contributed by atoms with Crippen molar-refractivity contribution in [2.75, 3.05) is 18.1 Å². The Morgan fingerprint density at radius 3 is 2.36 bits per heavy atom.